The van der Waals surface area contributed by atoms with Crippen LogP contribution < -0.4 is 5.73 Å². The van der Waals surface area contributed by atoms with Gasteiger partial charge in [0.15, 0.2) is 0 Å². The predicted octanol–water partition coefficient (Wildman–Crippen LogP) is 0.875. The summed E-state index contributed by atoms with van der Waals surface area (Å²) in [7, 11) is 0. The maximum Gasteiger partial charge on any atom is 0.336 e. The summed E-state index contributed by atoms with van der Waals surface area (Å²) in [5.74, 6) is 0. The van der Waals surface area contributed by atoms with Gasteiger partial charge in [0.2, 0.25) is 0 Å². The van der Waals surface area contributed by atoms with Crippen LogP contribution >= 0.6 is 0 Å². The highest BCUT2D eigenvalue weighted by Crippen LogP contribution is 2.07. The van der Waals surface area contributed by atoms with Crippen LogP contribution in [-0.2, 0) is 0 Å². The third-order valence-electron chi connectivity index (χ3n) is 1.64. The number of hydrogen-bond acceptors (Lipinski definition) is 1. The third kappa shape index (κ3) is 1.59. The van der Waals surface area contributed by atoms with E-state index >= 15 is 0 Å². The van der Waals surface area contributed by atoms with Crippen LogP contribution in [0.25, 0.3) is 0 Å². The number of carbonyl (C=O) groups is 1. The normalized spacial score (nSPS) is 19.8. The maximum absolute atomic E-state index is 10.4. The first-order valence-electron chi connectivity index (χ1n) is 3.31. The minimum Gasteiger partial charge on any atom is -0.323 e. The zero-order valence-corrected chi connectivity index (χ0v) is 5.39. The fourth-order valence-electron chi connectivity index (χ4n) is 1.10. The molecule has 0 aliphatic carbocycles. The quantitative estimate of drug-likeness (QED) is 0.476. The SMILES string of the molecule is [NH]C(=O)N1CCCCC1. The van der Waals surface area contributed by atoms with Crippen molar-refractivity contribution in [1.82, 2.24) is 10.6 Å². The Hall–Kier alpha value is -0.730. The number of rotatable bonds is 0. The topological polar surface area (TPSA) is 44.1 Å². The van der Waals surface area contributed by atoms with Gasteiger partial charge in [0.25, 0.3) is 0 Å². The lowest BCUT2D eigenvalue weighted by Gasteiger charge is -2.23. The third-order valence-corrected chi connectivity index (χ3v) is 1.64. The largest absolute Gasteiger partial charge is 0.336 e. The lowest BCUT2D eigenvalue weighted by Crippen LogP contribution is -2.35. The lowest BCUT2D eigenvalue weighted by atomic mass is 10.1. The first-order chi connectivity index (χ1) is 4.30. The highest BCUT2D eigenvalue weighted by Gasteiger charge is 2.12. The van der Waals surface area contributed by atoms with E-state index in [1.165, 1.54) is 6.42 Å². The van der Waals surface area contributed by atoms with E-state index in [-0.39, 0.29) is 0 Å². The van der Waals surface area contributed by atoms with Gasteiger partial charge < -0.3 is 4.90 Å². The van der Waals surface area contributed by atoms with E-state index in [4.69, 9.17) is 5.73 Å². The monoisotopic (exact) mass is 127 g/mol. The van der Waals surface area contributed by atoms with E-state index in [0.717, 1.165) is 25.9 Å². The molecule has 1 heterocycles. The van der Waals surface area contributed by atoms with Crippen molar-refractivity contribution in [2.75, 3.05) is 13.1 Å². The van der Waals surface area contributed by atoms with Crippen molar-refractivity contribution in [3.05, 3.63) is 0 Å². The predicted molar refractivity (Wildman–Crippen MR) is 33.9 cm³/mol. The molecule has 9 heavy (non-hydrogen) atoms. The second kappa shape index (κ2) is 2.71. The Kier molecular flexibility index (Phi) is 1.92. The van der Waals surface area contributed by atoms with Crippen LogP contribution in [0.2, 0.25) is 0 Å². The summed E-state index contributed by atoms with van der Waals surface area (Å²) < 4.78 is 0. The molecule has 0 aromatic heterocycles. The van der Waals surface area contributed by atoms with Crippen LogP contribution in [0.3, 0.4) is 0 Å². The Morgan fingerprint density at radius 1 is 1.22 bits per heavy atom. The van der Waals surface area contributed by atoms with Gasteiger partial charge in [-0.3, -0.25) is 0 Å². The average Bonchev–Trinajstić information content (AvgIpc) is 1.90. The van der Waals surface area contributed by atoms with E-state index in [0.29, 0.717) is 0 Å². The Labute approximate surface area is 54.8 Å². The molecule has 1 aliphatic rings. The van der Waals surface area contributed by atoms with Crippen LogP contribution in [0.1, 0.15) is 19.3 Å². The van der Waals surface area contributed by atoms with Crippen molar-refractivity contribution in [2.24, 2.45) is 0 Å². The number of nitrogens with one attached hydrogen (secondary N) is 1. The standard InChI is InChI=1S/C6H11N2O/c7-6(9)8-4-2-1-3-5-8/h7H,1-5H2. The van der Waals surface area contributed by atoms with Crippen molar-refractivity contribution >= 4 is 6.03 Å². The highest BCUT2D eigenvalue weighted by atomic mass is 16.2. The highest BCUT2D eigenvalue weighted by molar-refractivity contribution is 5.71. The molecule has 0 aromatic rings. The molecule has 1 saturated heterocycles. The molecular formula is C6H11N2O. The number of likely N-dealkylation sites (tertiary alicyclic amines) is 1. The number of nitrogens with zero attached hydrogens (tertiary/aromatic N) is 1. The summed E-state index contributed by atoms with van der Waals surface area (Å²) in [4.78, 5) is 12.0. The molecule has 3 nitrogen and oxygen atoms in total. The van der Waals surface area contributed by atoms with Gasteiger partial charge in [-0.05, 0) is 19.3 Å². The maximum atomic E-state index is 10.4. The Morgan fingerprint density at radius 3 is 2.11 bits per heavy atom. The van der Waals surface area contributed by atoms with Gasteiger partial charge in [0.05, 0.1) is 0 Å². The van der Waals surface area contributed by atoms with Crippen molar-refractivity contribution < 1.29 is 4.79 Å². The molecule has 1 aliphatic heterocycles. The van der Waals surface area contributed by atoms with Gasteiger partial charge in [-0.1, -0.05) is 0 Å². The molecule has 1 radical (unpaired) electrons. The van der Waals surface area contributed by atoms with Gasteiger partial charge in [0, 0.05) is 13.1 Å². The van der Waals surface area contributed by atoms with E-state index in [1.807, 2.05) is 0 Å². The molecule has 1 fully saturated rings. The molecule has 1 rings (SSSR count). The van der Waals surface area contributed by atoms with Crippen LogP contribution in [0.4, 0.5) is 4.79 Å². The summed E-state index contributed by atoms with van der Waals surface area (Å²) >= 11 is 0. The molecule has 3 heteroatoms. The number of urea groups is 1. The second-order valence-corrected chi connectivity index (χ2v) is 2.35. The van der Waals surface area contributed by atoms with Crippen molar-refractivity contribution in [3.8, 4) is 0 Å². The van der Waals surface area contributed by atoms with Gasteiger partial charge in [-0.15, -0.1) is 0 Å². The molecule has 0 bridgehead atoms. The van der Waals surface area contributed by atoms with Gasteiger partial charge in [-0.2, -0.15) is 0 Å². The average molecular weight is 127 g/mol. The number of carbonyl (C=O) groups excluding carboxylic acids is 1. The summed E-state index contributed by atoms with van der Waals surface area (Å²) in [5.41, 5.74) is 6.76. The molecule has 0 unspecified atom stereocenters. The van der Waals surface area contributed by atoms with Gasteiger partial charge in [0.1, 0.15) is 0 Å². The summed E-state index contributed by atoms with van der Waals surface area (Å²) in [6.07, 6.45) is 3.36. The van der Waals surface area contributed by atoms with E-state index < -0.39 is 6.03 Å². The molecule has 2 amide bonds. The molecule has 0 saturated carbocycles. The molecule has 51 valence electrons. The molecule has 1 N–H and O–H groups in total. The van der Waals surface area contributed by atoms with E-state index in [1.54, 1.807) is 4.90 Å². The van der Waals surface area contributed by atoms with Crippen molar-refractivity contribution in [3.63, 3.8) is 0 Å². The van der Waals surface area contributed by atoms with Crippen molar-refractivity contribution in [2.45, 2.75) is 19.3 Å². The summed E-state index contributed by atoms with van der Waals surface area (Å²) in [5, 5.41) is 0. The Balaban J connectivity index is 2.31. The fourth-order valence-corrected chi connectivity index (χ4v) is 1.10. The zero-order chi connectivity index (χ0) is 6.69. The molecular weight excluding hydrogens is 116 g/mol. The van der Waals surface area contributed by atoms with Crippen LogP contribution in [-0.4, -0.2) is 24.0 Å². The zero-order valence-electron chi connectivity index (χ0n) is 5.39. The van der Waals surface area contributed by atoms with Gasteiger partial charge in [-0.25, -0.2) is 10.5 Å². The van der Waals surface area contributed by atoms with E-state index in [9.17, 15) is 4.79 Å². The Bertz CT molecular complexity index is 108. The van der Waals surface area contributed by atoms with Crippen molar-refractivity contribution in [1.29, 1.82) is 0 Å². The Morgan fingerprint density at radius 2 is 1.78 bits per heavy atom. The number of piperidine rings is 1. The molecule has 0 spiro atoms. The number of hydrogen-bond donors (Lipinski definition) is 0. The molecule has 0 atom stereocenters. The summed E-state index contributed by atoms with van der Waals surface area (Å²) in [6.45, 7) is 1.59. The van der Waals surface area contributed by atoms with Crippen LogP contribution in [0.5, 0.6) is 0 Å². The molecule has 0 aromatic carbocycles. The second-order valence-electron chi connectivity index (χ2n) is 2.35. The smallest absolute Gasteiger partial charge is 0.323 e. The summed E-state index contributed by atoms with van der Waals surface area (Å²) in [6, 6.07) is -0.519. The lowest BCUT2D eigenvalue weighted by molar-refractivity contribution is 0.194. The minimum atomic E-state index is -0.519. The fraction of sp³-hybridized carbons (Fsp3) is 0.833. The van der Waals surface area contributed by atoms with Crippen LogP contribution in [0.15, 0.2) is 0 Å². The minimum absolute atomic E-state index is 0.519. The van der Waals surface area contributed by atoms with Crippen LogP contribution in [0, 0.1) is 0 Å². The first-order valence-corrected chi connectivity index (χ1v) is 3.31. The number of amides is 2. The first kappa shape index (κ1) is 6.39. The van der Waals surface area contributed by atoms with Gasteiger partial charge >= 0.3 is 6.03 Å². The van der Waals surface area contributed by atoms with E-state index in [2.05, 4.69) is 0 Å².